The van der Waals surface area contributed by atoms with Crippen molar-refractivity contribution in [3.05, 3.63) is 30.2 Å². The Balaban J connectivity index is 1.45. The number of likely N-dealkylation sites (N-methyl/N-ethyl adjacent to an activating group) is 1. The molecule has 0 aliphatic carbocycles. The molecule has 2 aliphatic heterocycles. The molecule has 2 aromatic heterocycles. The fourth-order valence-electron chi connectivity index (χ4n) is 4.73. The first-order chi connectivity index (χ1) is 18.8. The number of morpholine rings is 1. The van der Waals surface area contributed by atoms with Gasteiger partial charge < -0.3 is 34.6 Å². The van der Waals surface area contributed by atoms with E-state index in [9.17, 15) is 14.7 Å². The second-order valence-corrected chi connectivity index (χ2v) is 10.3. The average Bonchev–Trinajstić information content (AvgIpc) is 3.41. The van der Waals surface area contributed by atoms with Gasteiger partial charge in [-0.05, 0) is 19.4 Å². The smallest absolute Gasteiger partial charge is 0.321 e. The van der Waals surface area contributed by atoms with Gasteiger partial charge in [0, 0.05) is 70.1 Å². The van der Waals surface area contributed by atoms with Crippen LogP contribution in [0.3, 0.4) is 0 Å². The first-order valence-corrected chi connectivity index (χ1v) is 13.6. The standard InChI is InChI=1S/C26H40N8O5/c1-19-14-34(20(2)17-35)25(36)5-4-8-33-15-22(29-30-33)18-39-23(19)16-31(3)26(37)28-21-6-7-27-24(13-21)32-9-11-38-12-10-32/h6-7,13,15,19-20,23,35H,4-5,8-12,14,16-18H2,1-3H3,(H,27,28,37)/t19-,20-,23+/m1/s1. The first kappa shape index (κ1) is 28.7. The summed E-state index contributed by atoms with van der Waals surface area (Å²) in [6.07, 6.45) is 4.08. The molecule has 214 valence electrons. The maximum atomic E-state index is 13.2. The quantitative estimate of drug-likeness (QED) is 0.549. The lowest BCUT2D eigenvalue weighted by atomic mass is 10.0. The second-order valence-electron chi connectivity index (χ2n) is 10.3. The number of aromatic nitrogens is 4. The summed E-state index contributed by atoms with van der Waals surface area (Å²) < 4.78 is 13.4. The fraction of sp³-hybridized carbons (Fsp3) is 0.654. The van der Waals surface area contributed by atoms with E-state index in [1.807, 2.05) is 26.1 Å². The summed E-state index contributed by atoms with van der Waals surface area (Å²) in [6.45, 7) is 8.01. The van der Waals surface area contributed by atoms with Crippen LogP contribution in [0.4, 0.5) is 16.3 Å². The molecule has 2 N–H and O–H groups in total. The highest BCUT2D eigenvalue weighted by atomic mass is 16.5. The van der Waals surface area contributed by atoms with Crippen LogP contribution in [0.5, 0.6) is 0 Å². The summed E-state index contributed by atoms with van der Waals surface area (Å²) in [5, 5.41) is 21.1. The number of pyridine rings is 1. The van der Waals surface area contributed by atoms with E-state index < -0.39 is 6.10 Å². The molecule has 1 saturated heterocycles. The van der Waals surface area contributed by atoms with Crippen LogP contribution < -0.4 is 10.2 Å². The van der Waals surface area contributed by atoms with Crippen LogP contribution >= 0.6 is 0 Å². The number of carbonyl (C=O) groups excluding carboxylic acids is 2. The van der Waals surface area contributed by atoms with E-state index in [0.29, 0.717) is 50.5 Å². The number of rotatable bonds is 6. The van der Waals surface area contributed by atoms with Crippen LogP contribution in [0.25, 0.3) is 0 Å². The third-order valence-electron chi connectivity index (χ3n) is 7.18. The van der Waals surface area contributed by atoms with Crippen molar-refractivity contribution in [2.75, 3.05) is 63.3 Å². The van der Waals surface area contributed by atoms with Gasteiger partial charge >= 0.3 is 6.03 Å². The number of aliphatic hydroxyl groups is 1. The lowest BCUT2D eigenvalue weighted by molar-refractivity contribution is -0.136. The number of ether oxygens (including phenoxy) is 2. The highest BCUT2D eigenvalue weighted by molar-refractivity contribution is 5.89. The SMILES string of the molecule is C[C@@H]1CN([C@H](C)CO)C(=O)CCCn2cc(nn2)CO[C@H]1CN(C)C(=O)Nc1ccnc(N2CCOCC2)c1. The summed E-state index contributed by atoms with van der Waals surface area (Å²) >= 11 is 0. The highest BCUT2D eigenvalue weighted by Crippen LogP contribution is 2.20. The Bertz CT molecular complexity index is 1090. The molecule has 4 rings (SSSR count). The molecule has 39 heavy (non-hydrogen) atoms. The normalized spacial score (nSPS) is 21.9. The molecule has 0 spiro atoms. The average molecular weight is 545 g/mol. The molecule has 2 bridgehead atoms. The summed E-state index contributed by atoms with van der Waals surface area (Å²) in [5.74, 6) is 0.645. The maximum absolute atomic E-state index is 13.2. The highest BCUT2D eigenvalue weighted by Gasteiger charge is 2.29. The van der Waals surface area contributed by atoms with Gasteiger partial charge in [0.2, 0.25) is 5.91 Å². The molecule has 0 radical (unpaired) electrons. The van der Waals surface area contributed by atoms with Crippen molar-refractivity contribution in [2.24, 2.45) is 5.92 Å². The number of fused-ring (bicyclic) bond motifs is 2. The molecule has 2 aromatic rings. The fourth-order valence-corrected chi connectivity index (χ4v) is 4.73. The molecule has 0 aromatic carbocycles. The van der Waals surface area contributed by atoms with Crippen LogP contribution in [0, 0.1) is 5.92 Å². The Hall–Kier alpha value is -3.29. The van der Waals surface area contributed by atoms with E-state index in [2.05, 4.69) is 25.5 Å². The van der Waals surface area contributed by atoms with E-state index in [0.717, 1.165) is 18.9 Å². The van der Waals surface area contributed by atoms with E-state index in [1.54, 1.807) is 33.8 Å². The van der Waals surface area contributed by atoms with Crippen LogP contribution in [0.15, 0.2) is 24.5 Å². The molecular weight excluding hydrogens is 504 g/mol. The molecule has 0 saturated carbocycles. The lowest BCUT2D eigenvalue weighted by Gasteiger charge is -2.35. The van der Waals surface area contributed by atoms with Gasteiger partial charge in [0.1, 0.15) is 11.5 Å². The number of nitrogens with one attached hydrogen (secondary N) is 1. The van der Waals surface area contributed by atoms with Crippen molar-refractivity contribution in [1.82, 2.24) is 29.8 Å². The predicted octanol–water partition coefficient (Wildman–Crippen LogP) is 1.20. The van der Waals surface area contributed by atoms with Gasteiger partial charge in [-0.2, -0.15) is 0 Å². The Morgan fingerprint density at radius 1 is 1.31 bits per heavy atom. The number of hydrogen-bond donors (Lipinski definition) is 2. The minimum Gasteiger partial charge on any atom is -0.394 e. The molecule has 3 amide bonds. The largest absolute Gasteiger partial charge is 0.394 e. The van der Waals surface area contributed by atoms with E-state index in [1.165, 1.54) is 0 Å². The number of aliphatic hydroxyl groups excluding tert-OH is 1. The second kappa shape index (κ2) is 13.7. The predicted molar refractivity (Wildman–Crippen MR) is 144 cm³/mol. The summed E-state index contributed by atoms with van der Waals surface area (Å²) in [7, 11) is 1.71. The number of urea groups is 1. The van der Waals surface area contributed by atoms with Crippen molar-refractivity contribution >= 4 is 23.4 Å². The van der Waals surface area contributed by atoms with Crippen molar-refractivity contribution in [3.8, 4) is 0 Å². The topological polar surface area (TPSA) is 138 Å². The molecule has 4 heterocycles. The molecular formula is C26H40N8O5. The number of anilines is 2. The van der Waals surface area contributed by atoms with Gasteiger partial charge in [-0.1, -0.05) is 12.1 Å². The maximum Gasteiger partial charge on any atom is 0.321 e. The van der Waals surface area contributed by atoms with Gasteiger partial charge in [-0.25, -0.2) is 9.78 Å². The van der Waals surface area contributed by atoms with E-state index in [-0.39, 0.29) is 43.7 Å². The van der Waals surface area contributed by atoms with Gasteiger partial charge in [-0.3, -0.25) is 9.48 Å². The Morgan fingerprint density at radius 2 is 2.10 bits per heavy atom. The number of aryl methyl sites for hydroxylation is 1. The monoisotopic (exact) mass is 544 g/mol. The van der Waals surface area contributed by atoms with Gasteiger partial charge in [0.05, 0.1) is 44.8 Å². The van der Waals surface area contributed by atoms with Crippen molar-refractivity contribution in [1.29, 1.82) is 0 Å². The number of hydrogen-bond acceptors (Lipinski definition) is 9. The van der Waals surface area contributed by atoms with E-state index in [4.69, 9.17) is 9.47 Å². The summed E-state index contributed by atoms with van der Waals surface area (Å²) in [6, 6.07) is 3.02. The Kier molecular flexibility index (Phi) is 10.1. The molecule has 13 heteroatoms. The van der Waals surface area contributed by atoms with E-state index >= 15 is 0 Å². The molecule has 13 nitrogen and oxygen atoms in total. The zero-order valence-electron chi connectivity index (χ0n) is 23.0. The van der Waals surface area contributed by atoms with Crippen LogP contribution in [0.2, 0.25) is 0 Å². The summed E-state index contributed by atoms with van der Waals surface area (Å²) in [5.41, 5.74) is 1.34. The van der Waals surface area contributed by atoms with Crippen LogP contribution in [0.1, 0.15) is 32.4 Å². The zero-order valence-corrected chi connectivity index (χ0v) is 23.0. The van der Waals surface area contributed by atoms with Crippen molar-refractivity contribution in [3.63, 3.8) is 0 Å². The van der Waals surface area contributed by atoms with Crippen molar-refractivity contribution < 1.29 is 24.2 Å². The molecule has 3 atom stereocenters. The Morgan fingerprint density at radius 3 is 2.87 bits per heavy atom. The first-order valence-electron chi connectivity index (χ1n) is 13.6. The zero-order chi connectivity index (χ0) is 27.8. The minimum atomic E-state index is -0.394. The molecule has 1 fully saturated rings. The van der Waals surface area contributed by atoms with Crippen molar-refractivity contribution in [2.45, 2.75) is 52.0 Å². The van der Waals surface area contributed by atoms with Crippen LogP contribution in [-0.4, -0.2) is 112 Å². The minimum absolute atomic E-state index is 0.0263. The number of carbonyl (C=O) groups is 2. The van der Waals surface area contributed by atoms with Gasteiger partial charge in [-0.15, -0.1) is 5.10 Å². The number of nitrogens with zero attached hydrogens (tertiary/aromatic N) is 7. The lowest BCUT2D eigenvalue weighted by Crippen LogP contribution is -2.48. The third kappa shape index (κ3) is 7.87. The summed E-state index contributed by atoms with van der Waals surface area (Å²) in [4.78, 5) is 36.1. The molecule has 0 unspecified atom stereocenters. The third-order valence-corrected chi connectivity index (χ3v) is 7.18. The van der Waals surface area contributed by atoms with Crippen LogP contribution in [-0.2, 0) is 27.4 Å². The Labute approximate surface area is 229 Å². The van der Waals surface area contributed by atoms with Gasteiger partial charge in [0.25, 0.3) is 0 Å². The molecule has 2 aliphatic rings. The van der Waals surface area contributed by atoms with Gasteiger partial charge in [0.15, 0.2) is 0 Å². The number of amides is 3.